The summed E-state index contributed by atoms with van der Waals surface area (Å²) in [6.07, 6.45) is 1.86. The van der Waals surface area contributed by atoms with E-state index >= 15 is 0 Å². The molecule has 6 heteroatoms. The molecule has 0 atom stereocenters. The Morgan fingerprint density at radius 2 is 1.86 bits per heavy atom. The fourth-order valence-corrected chi connectivity index (χ4v) is 2.56. The van der Waals surface area contributed by atoms with Gasteiger partial charge in [-0.05, 0) is 31.8 Å². The second-order valence-corrected chi connectivity index (χ2v) is 5.76. The van der Waals surface area contributed by atoms with Gasteiger partial charge in [-0.25, -0.2) is 4.98 Å². The quantitative estimate of drug-likeness (QED) is 0.781. The number of nitrogens with zero attached hydrogens (tertiary/aromatic N) is 3. The number of benzene rings is 1. The van der Waals surface area contributed by atoms with Crippen LogP contribution in [0.1, 0.15) is 5.56 Å². The first-order valence-electron chi connectivity index (χ1n) is 6.61. The van der Waals surface area contributed by atoms with Crippen LogP contribution in [0.2, 0.25) is 0 Å². The van der Waals surface area contributed by atoms with E-state index in [1.54, 1.807) is 18.4 Å². The Bertz CT molecular complexity index is 502. The normalized spacial score (nSPS) is 10.3. The van der Waals surface area contributed by atoms with Crippen LogP contribution in [-0.4, -0.2) is 44.2 Å². The van der Waals surface area contributed by atoms with Gasteiger partial charge in [-0.3, -0.25) is 0 Å². The lowest BCUT2D eigenvalue weighted by Crippen LogP contribution is -2.31. The maximum Gasteiger partial charge on any atom is 0.185 e. The number of rotatable bonds is 7. The molecule has 0 aliphatic carbocycles. The molecular weight excluding hydrogens is 306 g/mol. The third-order valence-electron chi connectivity index (χ3n) is 3.04. The molecular formula is C15H22ClN3OS. The van der Waals surface area contributed by atoms with E-state index in [0.717, 1.165) is 30.5 Å². The third-order valence-corrected chi connectivity index (χ3v) is 3.87. The molecule has 0 amide bonds. The molecule has 0 N–H and O–H groups in total. The highest BCUT2D eigenvalue weighted by Crippen LogP contribution is 2.20. The molecule has 0 fully saturated rings. The molecule has 2 aromatic rings. The Morgan fingerprint density at radius 1 is 1.14 bits per heavy atom. The van der Waals surface area contributed by atoms with Gasteiger partial charge in [-0.15, -0.1) is 23.7 Å². The summed E-state index contributed by atoms with van der Waals surface area (Å²) in [5.74, 6) is 0.892. The predicted molar refractivity (Wildman–Crippen MR) is 92.0 cm³/mol. The predicted octanol–water partition coefficient (Wildman–Crippen LogP) is 3.14. The summed E-state index contributed by atoms with van der Waals surface area (Å²) in [6, 6.07) is 8.22. The van der Waals surface area contributed by atoms with Crippen molar-refractivity contribution >= 4 is 28.9 Å². The van der Waals surface area contributed by atoms with Gasteiger partial charge < -0.3 is 14.5 Å². The average Bonchev–Trinajstić information content (AvgIpc) is 2.98. The molecule has 116 valence electrons. The summed E-state index contributed by atoms with van der Waals surface area (Å²) in [7, 11) is 5.87. The molecule has 0 unspecified atom stereocenters. The summed E-state index contributed by atoms with van der Waals surface area (Å²) < 4.78 is 5.19. The Balaban J connectivity index is 0.00000220. The largest absolute Gasteiger partial charge is 0.497 e. The van der Waals surface area contributed by atoms with Gasteiger partial charge in [0.1, 0.15) is 5.75 Å². The summed E-state index contributed by atoms with van der Waals surface area (Å²) in [5.41, 5.74) is 1.26. The summed E-state index contributed by atoms with van der Waals surface area (Å²) >= 11 is 1.68. The van der Waals surface area contributed by atoms with Crippen molar-refractivity contribution in [1.29, 1.82) is 0 Å². The number of methoxy groups -OCH3 is 1. The number of thiazole rings is 1. The highest BCUT2D eigenvalue weighted by Gasteiger charge is 2.10. The van der Waals surface area contributed by atoms with E-state index in [0.29, 0.717) is 0 Å². The molecule has 0 bridgehead atoms. The summed E-state index contributed by atoms with van der Waals surface area (Å²) in [6.45, 7) is 2.84. The lowest BCUT2D eigenvalue weighted by Gasteiger charge is -2.23. The van der Waals surface area contributed by atoms with Crippen molar-refractivity contribution in [1.82, 2.24) is 9.88 Å². The van der Waals surface area contributed by atoms with Crippen LogP contribution in [0.15, 0.2) is 35.8 Å². The van der Waals surface area contributed by atoms with Crippen LogP contribution in [0.5, 0.6) is 5.75 Å². The SMILES string of the molecule is COc1ccc(CN(CCN(C)C)c2nccs2)cc1.Cl. The van der Waals surface area contributed by atoms with Crippen molar-refractivity contribution in [3.05, 3.63) is 41.4 Å². The van der Waals surface area contributed by atoms with Gasteiger partial charge in [0.25, 0.3) is 0 Å². The van der Waals surface area contributed by atoms with Gasteiger partial charge in [-0.2, -0.15) is 0 Å². The number of ether oxygens (including phenoxy) is 1. The molecule has 0 saturated carbocycles. The molecule has 0 aliphatic heterocycles. The van der Waals surface area contributed by atoms with Crippen molar-refractivity contribution in [2.45, 2.75) is 6.54 Å². The average molecular weight is 328 g/mol. The number of likely N-dealkylation sites (N-methyl/N-ethyl adjacent to an activating group) is 1. The maximum absolute atomic E-state index is 5.19. The van der Waals surface area contributed by atoms with Gasteiger partial charge >= 0.3 is 0 Å². The Kier molecular flexibility index (Phi) is 7.50. The first kappa shape index (κ1) is 17.8. The number of hydrogen-bond donors (Lipinski definition) is 0. The topological polar surface area (TPSA) is 28.6 Å². The van der Waals surface area contributed by atoms with E-state index in [-0.39, 0.29) is 12.4 Å². The minimum absolute atomic E-state index is 0. The zero-order chi connectivity index (χ0) is 14.4. The molecule has 1 aromatic heterocycles. The van der Waals surface area contributed by atoms with Crippen molar-refractivity contribution in [3.63, 3.8) is 0 Å². The van der Waals surface area contributed by atoms with E-state index in [1.807, 2.05) is 23.7 Å². The van der Waals surface area contributed by atoms with Gasteiger partial charge in [0.15, 0.2) is 5.13 Å². The highest BCUT2D eigenvalue weighted by atomic mass is 35.5. The van der Waals surface area contributed by atoms with E-state index in [9.17, 15) is 0 Å². The second kappa shape index (κ2) is 8.87. The van der Waals surface area contributed by atoms with Gasteiger partial charge in [0.2, 0.25) is 0 Å². The minimum atomic E-state index is 0. The molecule has 0 aliphatic rings. The van der Waals surface area contributed by atoms with Crippen LogP contribution < -0.4 is 9.64 Å². The maximum atomic E-state index is 5.19. The Labute approximate surface area is 136 Å². The zero-order valence-corrected chi connectivity index (χ0v) is 14.3. The number of halogens is 1. The van der Waals surface area contributed by atoms with Crippen LogP contribution in [0.25, 0.3) is 0 Å². The first-order chi connectivity index (χ1) is 9.69. The molecule has 0 radical (unpaired) electrons. The monoisotopic (exact) mass is 327 g/mol. The lowest BCUT2D eigenvalue weighted by molar-refractivity contribution is 0.412. The smallest absolute Gasteiger partial charge is 0.185 e. The number of anilines is 1. The molecule has 0 spiro atoms. The van der Waals surface area contributed by atoms with Crippen molar-refractivity contribution < 1.29 is 4.74 Å². The molecule has 1 aromatic carbocycles. The lowest BCUT2D eigenvalue weighted by atomic mass is 10.2. The minimum Gasteiger partial charge on any atom is -0.497 e. The van der Waals surface area contributed by atoms with E-state index < -0.39 is 0 Å². The van der Waals surface area contributed by atoms with Gasteiger partial charge in [-0.1, -0.05) is 12.1 Å². The van der Waals surface area contributed by atoms with E-state index in [2.05, 4.69) is 41.0 Å². The van der Waals surface area contributed by atoms with Crippen LogP contribution in [0, 0.1) is 0 Å². The van der Waals surface area contributed by atoms with Gasteiger partial charge in [0.05, 0.1) is 7.11 Å². The molecule has 4 nitrogen and oxygen atoms in total. The summed E-state index contributed by atoms with van der Waals surface area (Å²) in [4.78, 5) is 8.93. The van der Waals surface area contributed by atoms with Crippen molar-refractivity contribution in [2.75, 3.05) is 39.2 Å². The van der Waals surface area contributed by atoms with Crippen LogP contribution in [0.3, 0.4) is 0 Å². The first-order valence-corrected chi connectivity index (χ1v) is 7.49. The second-order valence-electron chi connectivity index (χ2n) is 4.89. The Hall–Kier alpha value is -1.30. The highest BCUT2D eigenvalue weighted by molar-refractivity contribution is 7.13. The standard InChI is InChI=1S/C15H21N3OS.ClH/c1-17(2)9-10-18(15-16-8-11-20-15)12-13-4-6-14(19-3)7-5-13;/h4-8,11H,9-10,12H2,1-3H3;1H. The number of aromatic nitrogens is 1. The van der Waals surface area contributed by atoms with Crippen LogP contribution in [-0.2, 0) is 6.54 Å². The van der Waals surface area contributed by atoms with Crippen LogP contribution >= 0.6 is 23.7 Å². The van der Waals surface area contributed by atoms with Crippen LogP contribution in [0.4, 0.5) is 5.13 Å². The van der Waals surface area contributed by atoms with E-state index in [1.165, 1.54) is 5.56 Å². The zero-order valence-electron chi connectivity index (χ0n) is 12.7. The van der Waals surface area contributed by atoms with E-state index in [4.69, 9.17) is 4.74 Å². The Morgan fingerprint density at radius 3 is 2.38 bits per heavy atom. The molecule has 2 rings (SSSR count). The van der Waals surface area contributed by atoms with Crippen molar-refractivity contribution in [2.24, 2.45) is 0 Å². The molecule has 21 heavy (non-hydrogen) atoms. The third kappa shape index (κ3) is 5.53. The molecule has 0 saturated heterocycles. The van der Waals surface area contributed by atoms with Crippen molar-refractivity contribution in [3.8, 4) is 5.75 Å². The van der Waals surface area contributed by atoms with Gasteiger partial charge in [0, 0.05) is 31.2 Å². The summed E-state index contributed by atoms with van der Waals surface area (Å²) in [5, 5.41) is 3.09. The fraction of sp³-hybridized carbons (Fsp3) is 0.400. The number of hydrogen-bond acceptors (Lipinski definition) is 5. The fourth-order valence-electron chi connectivity index (χ4n) is 1.89. The molecule has 1 heterocycles.